The number of nitrogens with zero attached hydrogens (tertiary/aromatic N) is 1. The van der Waals surface area contributed by atoms with Gasteiger partial charge in [0.25, 0.3) is 0 Å². The minimum atomic E-state index is -0.542. The first-order valence-electron chi connectivity index (χ1n) is 8.87. The summed E-state index contributed by atoms with van der Waals surface area (Å²) in [5.41, 5.74) is 1.20. The molecule has 2 rings (SSSR count). The SMILES string of the molecule is CC.CC.COc1ccc(CCCC(Br)C(=O)N2CCOC2=O)cc1. The lowest BCUT2D eigenvalue weighted by Gasteiger charge is -2.15. The standard InChI is InChI=1S/C15H18BrNO4.2C2H6/c1-20-12-7-5-11(6-8-12)3-2-4-13(16)14(18)17-9-10-21-15(17)19;2*1-2/h5-8,13H,2-4,9-10H2,1H3;2*1-2H3. The number of imide groups is 1. The number of methoxy groups -OCH3 is 1. The number of hydrogen-bond acceptors (Lipinski definition) is 4. The Morgan fingerprint density at radius 3 is 2.32 bits per heavy atom. The van der Waals surface area contributed by atoms with E-state index in [1.54, 1.807) is 7.11 Å². The highest BCUT2D eigenvalue weighted by molar-refractivity contribution is 9.10. The monoisotopic (exact) mass is 415 g/mol. The number of amides is 2. The largest absolute Gasteiger partial charge is 0.497 e. The summed E-state index contributed by atoms with van der Waals surface area (Å²) in [5, 5.41) is 0. The number of carbonyl (C=O) groups excluding carboxylic acids is 2. The van der Waals surface area contributed by atoms with Gasteiger partial charge in [0, 0.05) is 0 Å². The Labute approximate surface area is 159 Å². The number of aryl methyl sites for hydroxylation is 1. The van der Waals surface area contributed by atoms with Crippen LogP contribution in [0.5, 0.6) is 5.75 Å². The zero-order valence-corrected chi connectivity index (χ0v) is 17.5. The summed E-state index contributed by atoms with van der Waals surface area (Å²) in [7, 11) is 1.64. The zero-order valence-electron chi connectivity index (χ0n) is 15.9. The molecule has 1 atom stereocenters. The maximum Gasteiger partial charge on any atom is 0.416 e. The van der Waals surface area contributed by atoms with Gasteiger partial charge in [-0.25, -0.2) is 9.69 Å². The molecule has 1 unspecified atom stereocenters. The van der Waals surface area contributed by atoms with E-state index in [1.165, 1.54) is 5.56 Å². The zero-order chi connectivity index (χ0) is 19.2. The maximum atomic E-state index is 12.0. The van der Waals surface area contributed by atoms with Gasteiger partial charge >= 0.3 is 6.09 Å². The second-order valence-electron chi connectivity index (χ2n) is 4.81. The minimum Gasteiger partial charge on any atom is -0.497 e. The number of alkyl halides is 1. The molecule has 0 aliphatic carbocycles. The fourth-order valence-corrected chi connectivity index (χ4v) is 2.73. The van der Waals surface area contributed by atoms with Crippen LogP contribution in [0, 0.1) is 0 Å². The summed E-state index contributed by atoms with van der Waals surface area (Å²) in [6.07, 6.45) is 1.87. The van der Waals surface area contributed by atoms with E-state index < -0.39 is 6.09 Å². The van der Waals surface area contributed by atoms with Crippen LogP contribution in [0.15, 0.2) is 24.3 Å². The Kier molecular flexibility index (Phi) is 12.8. The molecule has 0 radical (unpaired) electrons. The minimum absolute atomic E-state index is 0.216. The summed E-state index contributed by atoms with van der Waals surface area (Å²) < 4.78 is 9.87. The molecule has 0 N–H and O–H groups in total. The third kappa shape index (κ3) is 7.90. The van der Waals surface area contributed by atoms with Crippen LogP contribution in [0.3, 0.4) is 0 Å². The molecular formula is C19H30BrNO4. The Hall–Kier alpha value is -1.56. The molecule has 1 aromatic carbocycles. The van der Waals surface area contributed by atoms with Crippen LogP contribution >= 0.6 is 15.9 Å². The highest BCUT2D eigenvalue weighted by Crippen LogP contribution is 2.18. The van der Waals surface area contributed by atoms with Crippen molar-refractivity contribution in [3.8, 4) is 5.75 Å². The van der Waals surface area contributed by atoms with Crippen molar-refractivity contribution in [2.24, 2.45) is 0 Å². The van der Waals surface area contributed by atoms with E-state index >= 15 is 0 Å². The van der Waals surface area contributed by atoms with Gasteiger partial charge in [-0.1, -0.05) is 55.8 Å². The molecule has 1 aliphatic heterocycles. The van der Waals surface area contributed by atoms with Gasteiger partial charge in [-0.2, -0.15) is 0 Å². The molecule has 6 heteroatoms. The van der Waals surface area contributed by atoms with E-state index in [9.17, 15) is 9.59 Å². The lowest BCUT2D eigenvalue weighted by molar-refractivity contribution is -0.127. The van der Waals surface area contributed by atoms with Crippen LogP contribution in [0.2, 0.25) is 0 Å². The van der Waals surface area contributed by atoms with Gasteiger partial charge in [0.05, 0.1) is 18.5 Å². The van der Waals surface area contributed by atoms with E-state index in [2.05, 4.69) is 15.9 Å². The fraction of sp³-hybridized carbons (Fsp3) is 0.579. The molecule has 1 aliphatic rings. The van der Waals surface area contributed by atoms with Gasteiger partial charge in [0.2, 0.25) is 5.91 Å². The summed E-state index contributed by atoms with van der Waals surface area (Å²) in [5.74, 6) is 0.618. The van der Waals surface area contributed by atoms with Gasteiger partial charge in [0.1, 0.15) is 12.4 Å². The van der Waals surface area contributed by atoms with Crippen molar-refractivity contribution in [1.29, 1.82) is 0 Å². The van der Waals surface area contributed by atoms with Crippen LogP contribution in [-0.2, 0) is 16.0 Å². The molecule has 2 amide bonds. The average Bonchev–Trinajstić information content (AvgIpc) is 3.10. The average molecular weight is 416 g/mol. The second kappa shape index (κ2) is 13.7. The molecule has 25 heavy (non-hydrogen) atoms. The van der Waals surface area contributed by atoms with Crippen LogP contribution in [-0.4, -0.2) is 42.0 Å². The first kappa shape index (κ1) is 23.4. The number of benzene rings is 1. The van der Waals surface area contributed by atoms with Crippen molar-refractivity contribution >= 4 is 27.9 Å². The number of cyclic esters (lactones) is 1. The molecule has 1 saturated heterocycles. The van der Waals surface area contributed by atoms with E-state index in [4.69, 9.17) is 9.47 Å². The number of rotatable bonds is 6. The van der Waals surface area contributed by atoms with E-state index in [0.29, 0.717) is 13.0 Å². The van der Waals surface area contributed by atoms with E-state index in [-0.39, 0.29) is 17.3 Å². The van der Waals surface area contributed by atoms with Crippen LogP contribution in [0.1, 0.15) is 46.1 Å². The van der Waals surface area contributed by atoms with Crippen molar-refractivity contribution in [2.75, 3.05) is 20.3 Å². The van der Waals surface area contributed by atoms with E-state index in [0.717, 1.165) is 23.5 Å². The van der Waals surface area contributed by atoms with Gasteiger partial charge in [-0.05, 0) is 37.0 Å². The fourth-order valence-electron chi connectivity index (χ4n) is 2.16. The number of ether oxygens (including phenoxy) is 2. The van der Waals surface area contributed by atoms with Crippen LogP contribution in [0.25, 0.3) is 0 Å². The first-order chi connectivity index (χ1) is 12.1. The van der Waals surface area contributed by atoms with Crippen molar-refractivity contribution in [1.82, 2.24) is 4.90 Å². The first-order valence-corrected chi connectivity index (χ1v) is 9.78. The Bertz CT molecular complexity index is 505. The normalized spacial score (nSPS) is 13.7. The predicted octanol–water partition coefficient (Wildman–Crippen LogP) is 4.81. The number of halogens is 1. The van der Waals surface area contributed by atoms with Gasteiger partial charge < -0.3 is 9.47 Å². The van der Waals surface area contributed by atoms with Crippen molar-refractivity contribution in [2.45, 2.75) is 51.8 Å². The molecule has 142 valence electrons. The topological polar surface area (TPSA) is 55.8 Å². The number of hydrogen-bond donors (Lipinski definition) is 0. The van der Waals surface area contributed by atoms with E-state index in [1.807, 2.05) is 52.0 Å². The summed E-state index contributed by atoms with van der Waals surface area (Å²) in [6.45, 7) is 8.63. The third-order valence-electron chi connectivity index (χ3n) is 3.38. The highest BCUT2D eigenvalue weighted by atomic mass is 79.9. The van der Waals surface area contributed by atoms with Gasteiger partial charge in [0.15, 0.2) is 0 Å². The third-order valence-corrected chi connectivity index (χ3v) is 4.23. The van der Waals surface area contributed by atoms with Gasteiger partial charge in [-0.3, -0.25) is 4.79 Å². The molecule has 1 aromatic rings. The number of carbonyl (C=O) groups is 2. The quantitative estimate of drug-likeness (QED) is 0.625. The molecule has 0 aromatic heterocycles. The summed E-state index contributed by atoms with van der Waals surface area (Å²) in [6, 6.07) is 7.88. The Morgan fingerprint density at radius 1 is 1.24 bits per heavy atom. The molecule has 0 saturated carbocycles. The molecule has 0 spiro atoms. The van der Waals surface area contributed by atoms with Gasteiger partial charge in [-0.15, -0.1) is 0 Å². The molecule has 0 bridgehead atoms. The highest BCUT2D eigenvalue weighted by Gasteiger charge is 2.31. The molecular weight excluding hydrogens is 386 g/mol. The molecule has 1 heterocycles. The Balaban J connectivity index is 0.00000134. The second-order valence-corrected chi connectivity index (χ2v) is 5.92. The van der Waals surface area contributed by atoms with Crippen molar-refractivity contribution in [3.05, 3.63) is 29.8 Å². The maximum absolute atomic E-state index is 12.0. The Morgan fingerprint density at radius 2 is 1.84 bits per heavy atom. The van der Waals surface area contributed by atoms with Crippen molar-refractivity contribution < 1.29 is 19.1 Å². The smallest absolute Gasteiger partial charge is 0.416 e. The summed E-state index contributed by atoms with van der Waals surface area (Å²) in [4.78, 5) is 24.2. The summed E-state index contributed by atoms with van der Waals surface area (Å²) >= 11 is 3.36. The predicted molar refractivity (Wildman–Crippen MR) is 104 cm³/mol. The van der Waals surface area contributed by atoms with Crippen LogP contribution in [0.4, 0.5) is 4.79 Å². The molecule has 1 fully saturated rings. The van der Waals surface area contributed by atoms with Crippen LogP contribution < -0.4 is 4.74 Å². The molecule has 5 nitrogen and oxygen atoms in total. The lowest BCUT2D eigenvalue weighted by Crippen LogP contribution is -2.37. The van der Waals surface area contributed by atoms with Crippen molar-refractivity contribution in [3.63, 3.8) is 0 Å². The lowest BCUT2D eigenvalue weighted by atomic mass is 10.1.